The molecule has 1 heterocycles. The molecule has 1 saturated carbocycles. The number of fused-ring (bicyclic) bond motifs is 1. The first kappa shape index (κ1) is 14.4. The Morgan fingerprint density at radius 3 is 2.86 bits per heavy atom. The number of benzene rings is 1. The molecule has 0 radical (unpaired) electrons. The van der Waals surface area contributed by atoms with Crippen molar-refractivity contribution in [1.29, 1.82) is 0 Å². The normalized spacial score (nSPS) is 17.7. The molecule has 1 aliphatic heterocycles. The van der Waals surface area contributed by atoms with Crippen molar-refractivity contribution >= 4 is 29.3 Å². The van der Waals surface area contributed by atoms with E-state index in [0.29, 0.717) is 18.1 Å². The zero-order chi connectivity index (χ0) is 14.8. The topological polar surface area (TPSA) is 57.6 Å². The molecular weight excluding hydrogens is 286 g/mol. The molecule has 0 unspecified atom stereocenters. The lowest BCUT2D eigenvalue weighted by atomic mass is 10.0. The largest absolute Gasteiger partial charge is 0.481 e. The van der Waals surface area contributed by atoms with Crippen LogP contribution >= 0.6 is 11.8 Å². The molecule has 1 fully saturated rings. The number of hydrogen-bond acceptors (Lipinski definition) is 3. The molecule has 1 N–H and O–H groups in total. The second-order valence-electron chi connectivity index (χ2n) is 5.73. The fraction of sp³-hybridized carbons (Fsp3) is 0.500. The van der Waals surface area contributed by atoms with Crippen molar-refractivity contribution in [3.63, 3.8) is 0 Å². The Hall–Kier alpha value is -1.49. The van der Waals surface area contributed by atoms with Crippen LogP contribution in [0.5, 0.6) is 0 Å². The number of carboxylic acids is 1. The number of aliphatic carboxylic acids is 1. The summed E-state index contributed by atoms with van der Waals surface area (Å²) >= 11 is 1.57. The Bertz CT molecular complexity index is 569. The van der Waals surface area contributed by atoms with Gasteiger partial charge < -0.3 is 10.0 Å². The first-order chi connectivity index (χ1) is 10.1. The van der Waals surface area contributed by atoms with E-state index >= 15 is 0 Å². The van der Waals surface area contributed by atoms with E-state index < -0.39 is 5.97 Å². The van der Waals surface area contributed by atoms with Crippen LogP contribution in [0.2, 0.25) is 0 Å². The van der Waals surface area contributed by atoms with Crippen molar-refractivity contribution in [2.24, 2.45) is 5.92 Å². The summed E-state index contributed by atoms with van der Waals surface area (Å²) in [5.74, 6) is 0.741. The number of nitrogens with zero attached hydrogens (tertiary/aromatic N) is 1. The highest BCUT2D eigenvalue weighted by atomic mass is 32.2. The van der Waals surface area contributed by atoms with Crippen molar-refractivity contribution in [3.8, 4) is 0 Å². The summed E-state index contributed by atoms with van der Waals surface area (Å²) in [5.41, 5.74) is 2.27. The molecule has 1 aromatic rings. The number of carbonyl (C=O) groups is 2. The molecule has 5 heteroatoms. The van der Waals surface area contributed by atoms with Gasteiger partial charge in [0, 0.05) is 29.3 Å². The molecule has 0 aromatic heterocycles. The minimum Gasteiger partial charge on any atom is -0.481 e. The third kappa shape index (κ3) is 3.59. The SMILES string of the molecule is O=C(O)CCSc1ccc2c(c1)CCC(=O)N2CC1CC1. The molecule has 0 saturated heterocycles. The van der Waals surface area contributed by atoms with Crippen LogP contribution in [0.4, 0.5) is 5.69 Å². The fourth-order valence-electron chi connectivity index (χ4n) is 2.64. The minimum absolute atomic E-state index is 0.175. The highest BCUT2D eigenvalue weighted by molar-refractivity contribution is 7.99. The van der Waals surface area contributed by atoms with E-state index in [1.807, 2.05) is 17.0 Å². The van der Waals surface area contributed by atoms with Gasteiger partial charge in [-0.1, -0.05) is 0 Å². The minimum atomic E-state index is -0.762. The summed E-state index contributed by atoms with van der Waals surface area (Å²) in [5, 5.41) is 8.68. The Morgan fingerprint density at radius 1 is 1.33 bits per heavy atom. The van der Waals surface area contributed by atoms with Crippen LogP contribution in [0, 0.1) is 5.92 Å². The predicted octanol–water partition coefficient (Wildman–Crippen LogP) is 2.94. The van der Waals surface area contributed by atoms with Crippen LogP contribution in [0.1, 0.15) is 31.2 Å². The lowest BCUT2D eigenvalue weighted by Gasteiger charge is -2.30. The van der Waals surface area contributed by atoms with Crippen LogP contribution in [0.15, 0.2) is 23.1 Å². The second kappa shape index (κ2) is 6.10. The van der Waals surface area contributed by atoms with Crippen LogP contribution in [-0.2, 0) is 16.0 Å². The first-order valence-corrected chi connectivity index (χ1v) is 8.40. The fourth-order valence-corrected chi connectivity index (χ4v) is 3.54. The van der Waals surface area contributed by atoms with E-state index in [0.717, 1.165) is 23.5 Å². The van der Waals surface area contributed by atoms with Crippen molar-refractivity contribution in [2.75, 3.05) is 17.2 Å². The van der Waals surface area contributed by atoms with Gasteiger partial charge in [0.25, 0.3) is 0 Å². The van der Waals surface area contributed by atoms with Gasteiger partial charge in [-0.15, -0.1) is 11.8 Å². The number of carbonyl (C=O) groups excluding carboxylic acids is 1. The Balaban J connectivity index is 1.72. The number of thioether (sulfide) groups is 1. The quantitative estimate of drug-likeness (QED) is 0.821. The third-order valence-corrected chi connectivity index (χ3v) is 4.97. The van der Waals surface area contributed by atoms with Gasteiger partial charge in [0.1, 0.15) is 0 Å². The average Bonchev–Trinajstić information content (AvgIpc) is 3.26. The van der Waals surface area contributed by atoms with Gasteiger partial charge in [0.2, 0.25) is 5.91 Å². The van der Waals surface area contributed by atoms with Gasteiger partial charge in [-0.25, -0.2) is 0 Å². The van der Waals surface area contributed by atoms with Gasteiger partial charge in [0.15, 0.2) is 0 Å². The zero-order valence-electron chi connectivity index (χ0n) is 11.9. The number of aryl methyl sites for hydroxylation is 1. The zero-order valence-corrected chi connectivity index (χ0v) is 12.7. The van der Waals surface area contributed by atoms with E-state index in [4.69, 9.17) is 5.11 Å². The van der Waals surface area contributed by atoms with Crippen LogP contribution in [-0.4, -0.2) is 29.3 Å². The third-order valence-electron chi connectivity index (χ3n) is 3.97. The molecule has 4 nitrogen and oxygen atoms in total. The molecule has 2 aliphatic rings. The molecule has 0 bridgehead atoms. The standard InChI is InChI=1S/C16H19NO3S/c18-15-6-3-12-9-13(21-8-7-16(19)20)4-5-14(12)17(15)10-11-1-2-11/h4-5,9,11H,1-3,6-8,10H2,(H,19,20). The maximum absolute atomic E-state index is 12.1. The number of anilines is 1. The van der Waals surface area contributed by atoms with E-state index in [-0.39, 0.29) is 12.3 Å². The Morgan fingerprint density at radius 2 is 2.14 bits per heavy atom. The van der Waals surface area contributed by atoms with Crippen LogP contribution in [0.3, 0.4) is 0 Å². The van der Waals surface area contributed by atoms with Crippen molar-refractivity contribution in [1.82, 2.24) is 0 Å². The average molecular weight is 305 g/mol. The molecule has 1 aliphatic carbocycles. The van der Waals surface area contributed by atoms with Gasteiger partial charge in [-0.2, -0.15) is 0 Å². The van der Waals surface area contributed by atoms with E-state index in [9.17, 15) is 9.59 Å². The predicted molar refractivity (Wildman–Crippen MR) is 82.8 cm³/mol. The smallest absolute Gasteiger partial charge is 0.304 e. The molecule has 0 spiro atoms. The molecule has 1 aromatic carbocycles. The summed E-state index contributed by atoms with van der Waals surface area (Å²) in [6.07, 6.45) is 4.03. The highest BCUT2D eigenvalue weighted by Gasteiger charge is 2.30. The number of rotatable bonds is 6. The molecular formula is C16H19NO3S. The van der Waals surface area contributed by atoms with Crippen LogP contribution in [0.25, 0.3) is 0 Å². The molecule has 0 atom stereocenters. The lowest BCUT2D eigenvalue weighted by Crippen LogP contribution is -2.36. The summed E-state index contributed by atoms with van der Waals surface area (Å²) < 4.78 is 0. The van der Waals surface area contributed by atoms with Crippen LogP contribution < -0.4 is 4.90 Å². The van der Waals surface area contributed by atoms with Crippen molar-refractivity contribution in [2.45, 2.75) is 37.0 Å². The molecule has 112 valence electrons. The van der Waals surface area contributed by atoms with Gasteiger partial charge in [-0.3, -0.25) is 9.59 Å². The van der Waals surface area contributed by atoms with Crippen molar-refractivity contribution in [3.05, 3.63) is 23.8 Å². The molecule has 21 heavy (non-hydrogen) atoms. The summed E-state index contributed by atoms with van der Waals surface area (Å²) in [6.45, 7) is 0.858. The maximum atomic E-state index is 12.1. The van der Waals surface area contributed by atoms with Gasteiger partial charge in [-0.05, 0) is 48.9 Å². The number of amides is 1. The first-order valence-electron chi connectivity index (χ1n) is 7.41. The summed E-state index contributed by atoms with van der Waals surface area (Å²) in [6, 6.07) is 6.15. The number of hydrogen-bond donors (Lipinski definition) is 1. The summed E-state index contributed by atoms with van der Waals surface area (Å²) in [4.78, 5) is 25.7. The van der Waals surface area contributed by atoms with Gasteiger partial charge >= 0.3 is 5.97 Å². The van der Waals surface area contributed by atoms with Gasteiger partial charge in [0.05, 0.1) is 6.42 Å². The lowest BCUT2D eigenvalue weighted by molar-refractivity contribution is -0.136. The van der Waals surface area contributed by atoms with E-state index in [1.54, 1.807) is 11.8 Å². The molecule has 1 amide bonds. The molecule has 3 rings (SSSR count). The van der Waals surface area contributed by atoms with Crippen molar-refractivity contribution < 1.29 is 14.7 Å². The Kier molecular flexibility index (Phi) is 4.19. The second-order valence-corrected chi connectivity index (χ2v) is 6.90. The Labute approximate surface area is 128 Å². The van der Waals surface area contributed by atoms with E-state index in [1.165, 1.54) is 18.4 Å². The number of carboxylic acid groups (broad SMARTS) is 1. The monoisotopic (exact) mass is 305 g/mol. The van der Waals surface area contributed by atoms with E-state index in [2.05, 4.69) is 6.07 Å². The maximum Gasteiger partial charge on any atom is 0.304 e. The summed E-state index contributed by atoms with van der Waals surface area (Å²) in [7, 11) is 0. The highest BCUT2D eigenvalue weighted by Crippen LogP contribution is 2.36.